The standard InChI is InChI=1S/C13H13ClF3N3/c1-8(12-18-5-6-20(12)2)19-11-4-3-9(7-10(11)14)13(15,16)17/h3-8,19H,1-2H3. The van der Waals surface area contributed by atoms with E-state index >= 15 is 0 Å². The van der Waals surface area contributed by atoms with E-state index in [1.807, 2.05) is 18.5 Å². The molecule has 2 rings (SSSR count). The van der Waals surface area contributed by atoms with Crippen LogP contribution in [0, 0.1) is 0 Å². The van der Waals surface area contributed by atoms with Gasteiger partial charge in [-0.1, -0.05) is 11.6 Å². The molecule has 1 aromatic heterocycles. The van der Waals surface area contributed by atoms with Crippen molar-refractivity contribution in [1.82, 2.24) is 9.55 Å². The first-order valence-corrected chi connectivity index (χ1v) is 6.27. The van der Waals surface area contributed by atoms with Crippen molar-refractivity contribution >= 4 is 17.3 Å². The first-order chi connectivity index (χ1) is 9.29. The van der Waals surface area contributed by atoms with E-state index in [4.69, 9.17) is 11.6 Å². The second kappa shape index (κ2) is 5.36. The number of hydrogen-bond donors (Lipinski definition) is 1. The Morgan fingerprint density at radius 1 is 1.35 bits per heavy atom. The molecule has 1 unspecified atom stereocenters. The lowest BCUT2D eigenvalue weighted by Gasteiger charge is -2.17. The van der Waals surface area contributed by atoms with Gasteiger partial charge in [0.25, 0.3) is 0 Å². The average molecular weight is 304 g/mol. The van der Waals surface area contributed by atoms with Gasteiger partial charge in [0.05, 0.1) is 22.3 Å². The number of nitrogens with one attached hydrogen (secondary N) is 1. The molecule has 0 saturated heterocycles. The van der Waals surface area contributed by atoms with Gasteiger partial charge in [0, 0.05) is 19.4 Å². The molecule has 20 heavy (non-hydrogen) atoms. The van der Waals surface area contributed by atoms with Crippen molar-refractivity contribution in [2.45, 2.75) is 19.1 Å². The van der Waals surface area contributed by atoms with Crippen LogP contribution >= 0.6 is 11.6 Å². The number of benzene rings is 1. The van der Waals surface area contributed by atoms with Crippen LogP contribution in [-0.4, -0.2) is 9.55 Å². The summed E-state index contributed by atoms with van der Waals surface area (Å²) in [4.78, 5) is 4.18. The van der Waals surface area contributed by atoms with Crippen LogP contribution < -0.4 is 5.32 Å². The first-order valence-electron chi connectivity index (χ1n) is 5.89. The summed E-state index contributed by atoms with van der Waals surface area (Å²) in [5, 5.41) is 3.08. The molecule has 0 radical (unpaired) electrons. The second-order valence-corrected chi connectivity index (χ2v) is 4.86. The third-order valence-electron chi connectivity index (χ3n) is 2.91. The number of halogens is 4. The van der Waals surface area contributed by atoms with E-state index in [9.17, 15) is 13.2 Å². The van der Waals surface area contributed by atoms with Crippen LogP contribution in [-0.2, 0) is 13.2 Å². The third-order valence-corrected chi connectivity index (χ3v) is 3.23. The molecule has 7 heteroatoms. The molecular formula is C13H13ClF3N3. The number of nitrogens with zero attached hydrogens (tertiary/aromatic N) is 2. The molecule has 0 fully saturated rings. The molecule has 1 aromatic carbocycles. The highest BCUT2D eigenvalue weighted by Gasteiger charge is 2.31. The third kappa shape index (κ3) is 3.07. The zero-order valence-electron chi connectivity index (χ0n) is 10.9. The molecule has 0 amide bonds. The molecule has 1 N–H and O–H groups in total. The van der Waals surface area contributed by atoms with Gasteiger partial charge < -0.3 is 9.88 Å². The smallest absolute Gasteiger partial charge is 0.374 e. The SMILES string of the molecule is CC(Nc1ccc(C(F)(F)F)cc1Cl)c1nccn1C. The largest absolute Gasteiger partial charge is 0.416 e. The van der Waals surface area contributed by atoms with Gasteiger partial charge in [-0.3, -0.25) is 0 Å². The summed E-state index contributed by atoms with van der Waals surface area (Å²) >= 11 is 5.89. The van der Waals surface area contributed by atoms with Gasteiger partial charge in [-0.05, 0) is 25.1 Å². The van der Waals surface area contributed by atoms with E-state index < -0.39 is 11.7 Å². The van der Waals surface area contributed by atoms with Crippen LogP contribution in [0.15, 0.2) is 30.6 Å². The topological polar surface area (TPSA) is 29.9 Å². The number of hydrogen-bond acceptors (Lipinski definition) is 2. The van der Waals surface area contributed by atoms with Crippen molar-refractivity contribution in [1.29, 1.82) is 0 Å². The molecular weight excluding hydrogens is 291 g/mol. The minimum absolute atomic E-state index is 0.0286. The van der Waals surface area contributed by atoms with E-state index in [-0.39, 0.29) is 11.1 Å². The Morgan fingerprint density at radius 3 is 2.55 bits per heavy atom. The second-order valence-electron chi connectivity index (χ2n) is 4.45. The Bertz CT molecular complexity index is 607. The number of aryl methyl sites for hydroxylation is 1. The zero-order chi connectivity index (χ0) is 14.9. The Kier molecular flexibility index (Phi) is 3.94. The number of imidazole rings is 1. The van der Waals surface area contributed by atoms with Crippen LogP contribution in [0.1, 0.15) is 24.4 Å². The van der Waals surface area contributed by atoms with Crippen molar-refractivity contribution in [2.75, 3.05) is 5.32 Å². The predicted molar refractivity (Wildman–Crippen MR) is 71.7 cm³/mol. The summed E-state index contributed by atoms with van der Waals surface area (Å²) in [6, 6.07) is 3.06. The number of rotatable bonds is 3. The predicted octanol–water partition coefficient (Wildman–Crippen LogP) is 4.27. The van der Waals surface area contributed by atoms with Gasteiger partial charge in [-0.25, -0.2) is 4.98 Å². The molecule has 1 heterocycles. The normalized spacial score (nSPS) is 13.3. The average Bonchev–Trinajstić information content (AvgIpc) is 2.76. The van der Waals surface area contributed by atoms with Crippen LogP contribution in [0.25, 0.3) is 0 Å². The molecule has 0 bridgehead atoms. The minimum Gasteiger partial charge on any atom is -0.374 e. The van der Waals surface area contributed by atoms with Crippen molar-refractivity contribution in [2.24, 2.45) is 7.05 Å². The summed E-state index contributed by atoms with van der Waals surface area (Å²) in [5.74, 6) is 0.765. The van der Waals surface area contributed by atoms with Crippen molar-refractivity contribution in [3.05, 3.63) is 47.0 Å². The van der Waals surface area contributed by atoms with Crippen molar-refractivity contribution in [3.63, 3.8) is 0 Å². The fourth-order valence-corrected chi connectivity index (χ4v) is 2.14. The van der Waals surface area contributed by atoms with Gasteiger partial charge in [0.2, 0.25) is 0 Å². The molecule has 2 aromatic rings. The van der Waals surface area contributed by atoms with Gasteiger partial charge in [0.1, 0.15) is 5.82 Å². The lowest BCUT2D eigenvalue weighted by Crippen LogP contribution is -2.12. The number of alkyl halides is 3. The fourth-order valence-electron chi connectivity index (χ4n) is 1.90. The number of anilines is 1. The first kappa shape index (κ1) is 14.7. The van der Waals surface area contributed by atoms with Gasteiger partial charge >= 0.3 is 6.18 Å². The summed E-state index contributed by atoms with van der Waals surface area (Å²) in [5.41, 5.74) is -0.326. The highest BCUT2D eigenvalue weighted by atomic mass is 35.5. The monoisotopic (exact) mass is 303 g/mol. The van der Waals surface area contributed by atoms with Crippen LogP contribution in [0.3, 0.4) is 0 Å². The fraction of sp³-hybridized carbons (Fsp3) is 0.308. The van der Waals surface area contributed by atoms with Gasteiger partial charge in [-0.15, -0.1) is 0 Å². The highest BCUT2D eigenvalue weighted by Crippen LogP contribution is 2.34. The van der Waals surface area contributed by atoms with E-state index in [0.717, 1.165) is 18.0 Å². The van der Waals surface area contributed by atoms with Crippen LogP contribution in [0.2, 0.25) is 5.02 Å². The summed E-state index contributed by atoms with van der Waals surface area (Å²) in [6.07, 6.45) is -0.947. The molecule has 0 saturated carbocycles. The molecule has 0 aliphatic carbocycles. The molecule has 0 spiro atoms. The van der Waals surface area contributed by atoms with Crippen molar-refractivity contribution < 1.29 is 13.2 Å². The summed E-state index contributed by atoms with van der Waals surface area (Å²) in [6.45, 7) is 1.86. The molecule has 0 aliphatic rings. The molecule has 0 aliphatic heterocycles. The van der Waals surface area contributed by atoms with E-state index in [1.54, 1.807) is 12.4 Å². The molecule has 108 valence electrons. The lowest BCUT2D eigenvalue weighted by atomic mass is 10.2. The van der Waals surface area contributed by atoms with E-state index in [1.165, 1.54) is 6.07 Å². The van der Waals surface area contributed by atoms with Crippen molar-refractivity contribution in [3.8, 4) is 0 Å². The Balaban J connectivity index is 2.21. The summed E-state index contributed by atoms with van der Waals surface area (Å²) in [7, 11) is 1.84. The highest BCUT2D eigenvalue weighted by molar-refractivity contribution is 6.33. The van der Waals surface area contributed by atoms with E-state index in [2.05, 4.69) is 10.3 Å². The zero-order valence-corrected chi connectivity index (χ0v) is 11.6. The minimum atomic E-state index is -4.40. The maximum absolute atomic E-state index is 12.5. The van der Waals surface area contributed by atoms with Crippen LogP contribution in [0.5, 0.6) is 0 Å². The molecule has 3 nitrogen and oxygen atoms in total. The maximum Gasteiger partial charge on any atom is 0.416 e. The Hall–Kier alpha value is -1.69. The van der Waals surface area contributed by atoms with Gasteiger partial charge in [-0.2, -0.15) is 13.2 Å². The Morgan fingerprint density at radius 2 is 2.05 bits per heavy atom. The number of aromatic nitrogens is 2. The maximum atomic E-state index is 12.5. The van der Waals surface area contributed by atoms with E-state index in [0.29, 0.717) is 5.69 Å². The van der Waals surface area contributed by atoms with Crippen LogP contribution in [0.4, 0.5) is 18.9 Å². The quantitative estimate of drug-likeness (QED) is 0.918. The lowest BCUT2D eigenvalue weighted by molar-refractivity contribution is -0.137. The summed E-state index contributed by atoms with van der Waals surface area (Å²) < 4.78 is 39.5. The molecule has 1 atom stereocenters. The van der Waals surface area contributed by atoms with Gasteiger partial charge in [0.15, 0.2) is 0 Å². The Labute approximate surface area is 119 Å².